The highest BCUT2D eigenvalue weighted by Crippen LogP contribution is 2.06. The molecular formula is C10H18N2O5. The van der Waals surface area contributed by atoms with Gasteiger partial charge in [0.1, 0.15) is 11.8 Å². The van der Waals surface area contributed by atoms with Crippen molar-refractivity contribution < 1.29 is 23.9 Å². The first kappa shape index (κ1) is 15.2. The zero-order valence-electron chi connectivity index (χ0n) is 10.4. The van der Waals surface area contributed by atoms with Crippen molar-refractivity contribution in [2.45, 2.75) is 39.0 Å². The summed E-state index contributed by atoms with van der Waals surface area (Å²) in [5, 5.41) is 4.61. The Hall–Kier alpha value is -1.79. The molecule has 7 heteroatoms. The van der Waals surface area contributed by atoms with Crippen molar-refractivity contribution in [3.8, 4) is 0 Å². The van der Waals surface area contributed by atoms with Crippen molar-refractivity contribution >= 4 is 18.5 Å². The molecule has 17 heavy (non-hydrogen) atoms. The molecule has 0 bridgehead atoms. The minimum atomic E-state index is -0.852. The maximum atomic E-state index is 11.4. The Bertz CT molecular complexity index is 285. The van der Waals surface area contributed by atoms with E-state index in [1.165, 1.54) is 7.11 Å². The van der Waals surface area contributed by atoms with Gasteiger partial charge in [-0.2, -0.15) is 0 Å². The summed E-state index contributed by atoms with van der Waals surface area (Å²) < 4.78 is 9.39. The Morgan fingerprint density at radius 3 is 2.35 bits per heavy atom. The highest BCUT2D eigenvalue weighted by atomic mass is 16.6. The number of methoxy groups -OCH3 is 1. The lowest BCUT2D eigenvalue weighted by atomic mass is 10.2. The molecule has 0 aliphatic rings. The lowest BCUT2D eigenvalue weighted by molar-refractivity contribution is -0.141. The van der Waals surface area contributed by atoms with Gasteiger partial charge in [-0.15, -0.1) is 0 Å². The molecule has 0 unspecified atom stereocenters. The number of alkyl carbamates (subject to hydrolysis) is 1. The number of amides is 2. The SMILES string of the molecule is COC(=O)C[C@@H](NC=O)NC(=O)OC(C)(C)C. The largest absolute Gasteiger partial charge is 0.469 e. The zero-order valence-corrected chi connectivity index (χ0v) is 10.4. The molecule has 1 atom stereocenters. The summed E-state index contributed by atoms with van der Waals surface area (Å²) in [5.74, 6) is -0.555. The van der Waals surface area contributed by atoms with Crippen LogP contribution < -0.4 is 10.6 Å². The van der Waals surface area contributed by atoms with Crippen molar-refractivity contribution in [1.82, 2.24) is 10.6 Å². The fraction of sp³-hybridized carbons (Fsp3) is 0.700. The second kappa shape index (κ2) is 6.72. The van der Waals surface area contributed by atoms with Gasteiger partial charge in [-0.25, -0.2) is 4.79 Å². The van der Waals surface area contributed by atoms with Crippen molar-refractivity contribution in [2.24, 2.45) is 0 Å². The Labute approximate surface area is 99.8 Å². The maximum absolute atomic E-state index is 11.4. The third-order valence-corrected chi connectivity index (χ3v) is 1.56. The molecule has 0 aromatic carbocycles. The smallest absolute Gasteiger partial charge is 0.409 e. The Morgan fingerprint density at radius 2 is 1.94 bits per heavy atom. The van der Waals surface area contributed by atoms with E-state index in [1.807, 2.05) is 0 Å². The molecule has 0 aliphatic heterocycles. The van der Waals surface area contributed by atoms with E-state index in [-0.39, 0.29) is 6.42 Å². The van der Waals surface area contributed by atoms with E-state index in [1.54, 1.807) is 20.8 Å². The van der Waals surface area contributed by atoms with Crippen LogP contribution in [0.3, 0.4) is 0 Å². The number of hydrogen-bond donors (Lipinski definition) is 2. The number of carbonyl (C=O) groups is 3. The van der Waals surface area contributed by atoms with Gasteiger partial charge >= 0.3 is 12.1 Å². The van der Waals surface area contributed by atoms with Crippen molar-refractivity contribution in [1.29, 1.82) is 0 Å². The fourth-order valence-electron chi connectivity index (χ4n) is 0.934. The Morgan fingerprint density at radius 1 is 1.35 bits per heavy atom. The van der Waals surface area contributed by atoms with Gasteiger partial charge in [0.05, 0.1) is 13.5 Å². The molecular weight excluding hydrogens is 228 g/mol. The Balaban J connectivity index is 4.29. The predicted octanol–water partition coefficient (Wildman–Crippen LogP) is 0.146. The molecule has 98 valence electrons. The number of carbonyl (C=O) groups excluding carboxylic acids is 3. The third kappa shape index (κ3) is 8.06. The Kier molecular flexibility index (Phi) is 6.01. The molecule has 0 saturated carbocycles. The van der Waals surface area contributed by atoms with E-state index in [2.05, 4.69) is 15.4 Å². The van der Waals surface area contributed by atoms with E-state index in [0.29, 0.717) is 6.41 Å². The van der Waals surface area contributed by atoms with Crippen LogP contribution in [0.25, 0.3) is 0 Å². The molecule has 0 aromatic heterocycles. The van der Waals surface area contributed by atoms with E-state index in [4.69, 9.17) is 4.74 Å². The minimum Gasteiger partial charge on any atom is -0.469 e. The summed E-state index contributed by atoms with van der Waals surface area (Å²) in [6, 6.07) is 0. The number of rotatable bonds is 5. The van der Waals surface area contributed by atoms with Crippen LogP contribution in [0.1, 0.15) is 27.2 Å². The zero-order chi connectivity index (χ0) is 13.5. The molecule has 0 rings (SSSR count). The van der Waals surface area contributed by atoms with Crippen LogP contribution in [-0.4, -0.2) is 37.3 Å². The highest BCUT2D eigenvalue weighted by Gasteiger charge is 2.20. The number of ether oxygens (including phenoxy) is 2. The molecule has 0 radical (unpaired) electrons. The van der Waals surface area contributed by atoms with Gasteiger partial charge in [0, 0.05) is 0 Å². The van der Waals surface area contributed by atoms with Crippen LogP contribution in [0, 0.1) is 0 Å². The predicted molar refractivity (Wildman–Crippen MR) is 59.0 cm³/mol. The summed E-state index contributed by atoms with van der Waals surface area (Å²) in [7, 11) is 1.22. The molecule has 0 heterocycles. The molecule has 7 nitrogen and oxygen atoms in total. The van der Waals surface area contributed by atoms with E-state index >= 15 is 0 Å². The first-order chi connectivity index (χ1) is 7.78. The molecule has 2 N–H and O–H groups in total. The lowest BCUT2D eigenvalue weighted by Crippen LogP contribution is -2.47. The first-order valence-corrected chi connectivity index (χ1v) is 5.04. The van der Waals surface area contributed by atoms with E-state index < -0.39 is 23.8 Å². The number of hydrogen-bond acceptors (Lipinski definition) is 5. The average Bonchev–Trinajstić information content (AvgIpc) is 2.14. The average molecular weight is 246 g/mol. The summed E-state index contributed by atoms with van der Waals surface area (Å²) in [6.45, 7) is 5.11. The number of nitrogens with one attached hydrogen (secondary N) is 2. The van der Waals surface area contributed by atoms with Crippen LogP contribution in [0.15, 0.2) is 0 Å². The molecule has 0 spiro atoms. The van der Waals surface area contributed by atoms with Gasteiger partial charge in [0.15, 0.2) is 0 Å². The van der Waals surface area contributed by atoms with Gasteiger partial charge in [-0.3, -0.25) is 9.59 Å². The normalized spacial score (nSPS) is 12.2. The summed E-state index contributed by atoms with van der Waals surface area (Å²) in [6.07, 6.45) is -1.37. The summed E-state index contributed by atoms with van der Waals surface area (Å²) >= 11 is 0. The second-order valence-corrected chi connectivity index (χ2v) is 4.26. The van der Waals surface area contributed by atoms with Crippen LogP contribution >= 0.6 is 0 Å². The standard InChI is InChI=1S/C10H18N2O5/c1-10(2,3)17-9(15)12-7(11-6-13)5-8(14)16-4/h6-7H,5H2,1-4H3,(H,11,13)(H,12,15)/t7-/m0/s1. The molecule has 0 aliphatic carbocycles. The van der Waals surface area contributed by atoms with E-state index in [9.17, 15) is 14.4 Å². The van der Waals surface area contributed by atoms with Crippen LogP contribution in [0.4, 0.5) is 4.79 Å². The van der Waals surface area contributed by atoms with Crippen molar-refractivity contribution in [3.05, 3.63) is 0 Å². The first-order valence-electron chi connectivity index (χ1n) is 5.04. The van der Waals surface area contributed by atoms with Gasteiger partial charge < -0.3 is 20.1 Å². The van der Waals surface area contributed by atoms with Gasteiger partial charge in [-0.1, -0.05) is 0 Å². The van der Waals surface area contributed by atoms with Gasteiger partial charge in [-0.05, 0) is 20.8 Å². The molecule has 0 aromatic rings. The minimum absolute atomic E-state index is 0.172. The van der Waals surface area contributed by atoms with E-state index in [0.717, 1.165) is 0 Å². The lowest BCUT2D eigenvalue weighted by Gasteiger charge is -2.22. The van der Waals surface area contributed by atoms with Crippen molar-refractivity contribution in [3.63, 3.8) is 0 Å². The molecule has 2 amide bonds. The quantitative estimate of drug-likeness (QED) is 0.409. The van der Waals surface area contributed by atoms with Crippen LogP contribution in [0.2, 0.25) is 0 Å². The molecule has 0 fully saturated rings. The van der Waals surface area contributed by atoms with Crippen LogP contribution in [-0.2, 0) is 19.1 Å². The highest BCUT2D eigenvalue weighted by molar-refractivity contribution is 5.73. The second-order valence-electron chi connectivity index (χ2n) is 4.26. The third-order valence-electron chi connectivity index (χ3n) is 1.56. The summed E-state index contributed by atoms with van der Waals surface area (Å²) in [4.78, 5) is 32.7. The van der Waals surface area contributed by atoms with Crippen LogP contribution in [0.5, 0.6) is 0 Å². The fourth-order valence-corrected chi connectivity index (χ4v) is 0.934. The maximum Gasteiger partial charge on any atom is 0.409 e. The van der Waals surface area contributed by atoms with Crippen molar-refractivity contribution in [2.75, 3.05) is 7.11 Å². The number of esters is 1. The topological polar surface area (TPSA) is 93.7 Å². The van der Waals surface area contributed by atoms with Gasteiger partial charge in [0.2, 0.25) is 6.41 Å². The van der Waals surface area contributed by atoms with Gasteiger partial charge in [0.25, 0.3) is 0 Å². The monoisotopic (exact) mass is 246 g/mol. The summed E-state index contributed by atoms with van der Waals surface area (Å²) in [5.41, 5.74) is -0.652. The molecule has 0 saturated heterocycles.